The Morgan fingerprint density at radius 3 is 2.69 bits per heavy atom. The van der Waals surface area contributed by atoms with E-state index >= 15 is 0 Å². The predicted octanol–water partition coefficient (Wildman–Crippen LogP) is 0.415. The number of nitrogens with zero attached hydrogens (tertiary/aromatic N) is 2. The average Bonchev–Trinajstić information content (AvgIpc) is 2.71. The number of nitrogens with one attached hydrogen (secondary N) is 1. The second kappa shape index (κ2) is 4.21. The molecule has 82 valence electrons. The second-order valence-corrected chi connectivity index (χ2v) is 3.65. The molecule has 1 heterocycles. The van der Waals surface area contributed by atoms with Gasteiger partial charge in [0, 0.05) is 18.8 Å². The minimum absolute atomic E-state index is 0.00291. The number of hydrogen-bond acceptors (Lipinski definition) is 3. The van der Waals surface area contributed by atoms with Crippen LogP contribution in [-0.4, -0.2) is 25.2 Å². The lowest BCUT2D eigenvalue weighted by atomic mass is 10.2. The monoisotopic (exact) mass is 216 g/mol. The minimum atomic E-state index is -0.139. The Bertz CT molecular complexity index is 434. The zero-order chi connectivity index (χ0) is 11.5. The van der Waals surface area contributed by atoms with Crippen LogP contribution in [0.25, 0.3) is 0 Å². The van der Waals surface area contributed by atoms with Gasteiger partial charge < -0.3 is 11.1 Å². The molecule has 16 heavy (non-hydrogen) atoms. The predicted molar refractivity (Wildman–Crippen MR) is 59.9 cm³/mol. The van der Waals surface area contributed by atoms with Gasteiger partial charge in [0.05, 0.1) is 17.7 Å². The number of nitrogens with two attached hydrogens (primary N) is 1. The van der Waals surface area contributed by atoms with Crippen molar-refractivity contribution >= 4 is 11.7 Å². The maximum atomic E-state index is 11.6. The minimum Gasteiger partial charge on any atom is -0.332 e. The Balaban J connectivity index is 2.19. The summed E-state index contributed by atoms with van der Waals surface area (Å²) >= 11 is 0. The Hall–Kier alpha value is -2.06. The molecule has 1 aliphatic heterocycles. The molecule has 2 rings (SSSR count). The normalized spacial score (nSPS) is 19.4. The fraction of sp³-hybridized carbons (Fsp3) is 0.273. The summed E-state index contributed by atoms with van der Waals surface area (Å²) in [4.78, 5) is 13.2. The van der Waals surface area contributed by atoms with Crippen molar-refractivity contribution in [1.82, 2.24) is 5.32 Å². The van der Waals surface area contributed by atoms with Crippen molar-refractivity contribution < 1.29 is 4.79 Å². The lowest BCUT2D eigenvalue weighted by Gasteiger charge is -2.14. The van der Waals surface area contributed by atoms with Crippen molar-refractivity contribution in [3.63, 3.8) is 0 Å². The summed E-state index contributed by atoms with van der Waals surface area (Å²) in [6, 6.07) is 8.81. The van der Waals surface area contributed by atoms with Crippen molar-refractivity contribution in [3.05, 3.63) is 29.8 Å². The van der Waals surface area contributed by atoms with Crippen molar-refractivity contribution in [1.29, 1.82) is 5.26 Å². The van der Waals surface area contributed by atoms with E-state index in [1.165, 1.54) is 0 Å². The van der Waals surface area contributed by atoms with Gasteiger partial charge in [-0.2, -0.15) is 5.26 Å². The lowest BCUT2D eigenvalue weighted by molar-refractivity contribution is 0.251. The van der Waals surface area contributed by atoms with Crippen LogP contribution in [0.5, 0.6) is 0 Å². The van der Waals surface area contributed by atoms with E-state index in [0.29, 0.717) is 18.7 Å². The number of nitriles is 1. The molecule has 1 aromatic carbocycles. The molecule has 5 nitrogen and oxygen atoms in total. The first-order valence-corrected chi connectivity index (χ1v) is 5.03. The molecule has 3 N–H and O–H groups in total. The highest BCUT2D eigenvalue weighted by atomic mass is 16.2. The van der Waals surface area contributed by atoms with E-state index in [1.807, 2.05) is 6.07 Å². The highest BCUT2D eigenvalue weighted by Crippen LogP contribution is 2.18. The number of carbonyl (C=O) groups excluding carboxylic acids is 1. The molecule has 0 spiro atoms. The summed E-state index contributed by atoms with van der Waals surface area (Å²) in [7, 11) is 0. The molecule has 0 bridgehead atoms. The Morgan fingerprint density at radius 2 is 2.19 bits per heavy atom. The zero-order valence-corrected chi connectivity index (χ0v) is 8.68. The molecule has 2 amide bonds. The number of rotatable bonds is 2. The number of urea groups is 1. The molecule has 5 heteroatoms. The second-order valence-electron chi connectivity index (χ2n) is 3.65. The third-order valence-corrected chi connectivity index (χ3v) is 2.57. The highest BCUT2D eigenvalue weighted by molar-refractivity contribution is 5.94. The van der Waals surface area contributed by atoms with E-state index in [0.717, 1.165) is 5.69 Å². The lowest BCUT2D eigenvalue weighted by Crippen LogP contribution is -2.33. The first kappa shape index (κ1) is 10.5. The average molecular weight is 216 g/mol. The van der Waals surface area contributed by atoms with E-state index < -0.39 is 0 Å². The maximum absolute atomic E-state index is 11.6. The van der Waals surface area contributed by atoms with E-state index in [4.69, 9.17) is 11.0 Å². The van der Waals surface area contributed by atoms with E-state index in [9.17, 15) is 4.79 Å². The van der Waals surface area contributed by atoms with Crippen molar-refractivity contribution in [2.75, 3.05) is 18.0 Å². The van der Waals surface area contributed by atoms with Crippen LogP contribution >= 0.6 is 0 Å². The van der Waals surface area contributed by atoms with Crippen LogP contribution in [0.4, 0.5) is 10.5 Å². The first-order valence-electron chi connectivity index (χ1n) is 5.03. The Labute approximate surface area is 93.5 Å². The number of benzene rings is 1. The van der Waals surface area contributed by atoms with Gasteiger partial charge in [0.1, 0.15) is 0 Å². The molecule has 1 atom stereocenters. The third kappa shape index (κ3) is 1.83. The smallest absolute Gasteiger partial charge is 0.322 e. The third-order valence-electron chi connectivity index (χ3n) is 2.57. The van der Waals surface area contributed by atoms with Gasteiger partial charge in [-0.05, 0) is 24.3 Å². The van der Waals surface area contributed by atoms with Crippen LogP contribution in [0.3, 0.4) is 0 Å². The largest absolute Gasteiger partial charge is 0.332 e. The molecule has 0 aromatic heterocycles. The first-order chi connectivity index (χ1) is 7.74. The number of anilines is 1. The van der Waals surface area contributed by atoms with Crippen LogP contribution < -0.4 is 16.0 Å². The molecule has 1 fully saturated rings. The summed E-state index contributed by atoms with van der Waals surface area (Å²) in [5.74, 6) is 0. The summed E-state index contributed by atoms with van der Waals surface area (Å²) in [6.07, 6.45) is 0. The standard InChI is InChI=1S/C11H12N4O/c12-5-8-1-3-10(4-2-8)15-7-9(6-13)14-11(15)16/h1-4,9H,6-7,13H2,(H,14,16). The molecule has 1 saturated heterocycles. The van der Waals surface area contributed by atoms with Gasteiger partial charge in [-0.15, -0.1) is 0 Å². The molecule has 1 aliphatic rings. The van der Waals surface area contributed by atoms with Crippen LogP contribution in [0, 0.1) is 11.3 Å². The SMILES string of the molecule is N#Cc1ccc(N2CC(CN)NC2=O)cc1. The number of hydrogen-bond donors (Lipinski definition) is 2. The maximum Gasteiger partial charge on any atom is 0.322 e. The highest BCUT2D eigenvalue weighted by Gasteiger charge is 2.28. The van der Waals surface area contributed by atoms with E-state index in [1.54, 1.807) is 29.2 Å². The van der Waals surface area contributed by atoms with E-state index in [2.05, 4.69) is 5.32 Å². The summed E-state index contributed by atoms with van der Waals surface area (Å²) < 4.78 is 0. The van der Waals surface area contributed by atoms with Gasteiger partial charge in [-0.3, -0.25) is 4.90 Å². The molecule has 0 saturated carbocycles. The Morgan fingerprint density at radius 1 is 1.50 bits per heavy atom. The van der Waals surface area contributed by atoms with Crippen LogP contribution in [0.2, 0.25) is 0 Å². The summed E-state index contributed by atoms with van der Waals surface area (Å²) in [5.41, 5.74) is 6.86. The topological polar surface area (TPSA) is 82.2 Å². The van der Waals surface area contributed by atoms with Crippen molar-refractivity contribution in [2.24, 2.45) is 5.73 Å². The van der Waals surface area contributed by atoms with Gasteiger partial charge in [-0.1, -0.05) is 0 Å². The molecule has 1 aromatic rings. The molecule has 1 unspecified atom stereocenters. The fourth-order valence-electron chi connectivity index (χ4n) is 1.67. The number of amides is 2. The summed E-state index contributed by atoms with van der Waals surface area (Å²) in [5, 5.41) is 11.4. The van der Waals surface area contributed by atoms with Gasteiger partial charge in [0.15, 0.2) is 0 Å². The quantitative estimate of drug-likeness (QED) is 0.751. The molecule has 0 radical (unpaired) electrons. The molecule has 0 aliphatic carbocycles. The fourth-order valence-corrected chi connectivity index (χ4v) is 1.67. The van der Waals surface area contributed by atoms with Crippen LogP contribution in [0.1, 0.15) is 5.56 Å². The van der Waals surface area contributed by atoms with Crippen LogP contribution in [-0.2, 0) is 0 Å². The van der Waals surface area contributed by atoms with Crippen LogP contribution in [0.15, 0.2) is 24.3 Å². The van der Waals surface area contributed by atoms with Crippen molar-refractivity contribution in [2.45, 2.75) is 6.04 Å². The van der Waals surface area contributed by atoms with E-state index in [-0.39, 0.29) is 12.1 Å². The summed E-state index contributed by atoms with van der Waals surface area (Å²) in [6.45, 7) is 1.000. The number of carbonyl (C=O) groups is 1. The van der Waals surface area contributed by atoms with Gasteiger partial charge in [-0.25, -0.2) is 4.79 Å². The Kier molecular flexibility index (Phi) is 2.75. The molecular weight excluding hydrogens is 204 g/mol. The molecular formula is C11H12N4O. The zero-order valence-electron chi connectivity index (χ0n) is 8.68. The van der Waals surface area contributed by atoms with Gasteiger partial charge in [0.2, 0.25) is 0 Å². The van der Waals surface area contributed by atoms with Gasteiger partial charge >= 0.3 is 6.03 Å². The van der Waals surface area contributed by atoms with Crippen molar-refractivity contribution in [3.8, 4) is 6.07 Å². The van der Waals surface area contributed by atoms with Gasteiger partial charge in [0.25, 0.3) is 0 Å².